The van der Waals surface area contributed by atoms with Gasteiger partial charge < -0.3 is 25.8 Å². The Morgan fingerprint density at radius 2 is 1.71 bits per heavy atom. The second kappa shape index (κ2) is 9.70. The number of rotatable bonds is 7. The van der Waals surface area contributed by atoms with Gasteiger partial charge in [0, 0.05) is 18.9 Å². The summed E-state index contributed by atoms with van der Waals surface area (Å²) < 4.78 is 5.64. The van der Waals surface area contributed by atoms with Gasteiger partial charge in [-0.1, -0.05) is 68.8 Å². The molecule has 3 amide bonds. The maximum atomic E-state index is 13.5. The van der Waals surface area contributed by atoms with Gasteiger partial charge in [0.05, 0.1) is 6.10 Å². The Balaban J connectivity index is 1.49. The van der Waals surface area contributed by atoms with E-state index in [-0.39, 0.29) is 31.4 Å². The first-order valence-corrected chi connectivity index (χ1v) is 12.1. The second-order valence-corrected chi connectivity index (χ2v) is 9.78. The topological polar surface area (TPSA) is 122 Å². The third kappa shape index (κ3) is 4.50. The molecule has 2 aliphatic rings. The Kier molecular flexibility index (Phi) is 6.85. The van der Waals surface area contributed by atoms with Gasteiger partial charge in [-0.25, -0.2) is 4.79 Å². The van der Waals surface area contributed by atoms with E-state index >= 15 is 0 Å². The molecule has 1 fully saturated rings. The maximum Gasteiger partial charge on any atom is 0.407 e. The van der Waals surface area contributed by atoms with Gasteiger partial charge in [-0.3, -0.25) is 9.59 Å². The van der Waals surface area contributed by atoms with Gasteiger partial charge in [-0.05, 0) is 35.1 Å². The summed E-state index contributed by atoms with van der Waals surface area (Å²) in [6.45, 7) is 5.42. The molecular formula is C27H33N3O5. The number of ether oxygens (including phenoxy) is 1. The highest BCUT2D eigenvalue weighted by Crippen LogP contribution is 2.44. The Labute approximate surface area is 205 Å². The Morgan fingerprint density at radius 3 is 2.26 bits per heavy atom. The molecule has 2 aromatic rings. The van der Waals surface area contributed by atoms with Crippen LogP contribution in [-0.2, 0) is 14.3 Å². The quantitative estimate of drug-likeness (QED) is 0.564. The van der Waals surface area contributed by atoms with Gasteiger partial charge in [0.15, 0.2) is 0 Å². The number of hydrogen-bond donors (Lipinski definition) is 3. The first-order valence-electron chi connectivity index (χ1n) is 12.1. The highest BCUT2D eigenvalue weighted by molar-refractivity contribution is 5.94. The number of benzene rings is 2. The number of amides is 3. The Hall–Kier alpha value is -3.39. The van der Waals surface area contributed by atoms with Crippen LogP contribution in [0.2, 0.25) is 0 Å². The number of carbonyl (C=O) groups excluding carboxylic acids is 3. The lowest BCUT2D eigenvalue weighted by molar-refractivity contribution is -0.145. The summed E-state index contributed by atoms with van der Waals surface area (Å²) in [5, 5.41) is 12.9. The molecule has 0 aromatic heterocycles. The predicted molar refractivity (Wildman–Crippen MR) is 131 cm³/mol. The first-order chi connectivity index (χ1) is 16.7. The summed E-state index contributed by atoms with van der Waals surface area (Å²) in [6, 6.07) is 15.2. The van der Waals surface area contributed by atoms with Crippen LogP contribution >= 0.6 is 0 Å². The zero-order valence-electron chi connectivity index (χ0n) is 20.4. The van der Waals surface area contributed by atoms with E-state index in [1.807, 2.05) is 50.2 Å². The average molecular weight is 480 g/mol. The number of primary amides is 1. The molecule has 8 nitrogen and oxygen atoms in total. The van der Waals surface area contributed by atoms with Gasteiger partial charge >= 0.3 is 6.09 Å². The van der Waals surface area contributed by atoms with Crippen molar-refractivity contribution in [1.29, 1.82) is 0 Å². The third-order valence-electron chi connectivity index (χ3n) is 7.52. The minimum absolute atomic E-state index is 0.0163. The molecule has 0 spiro atoms. The number of aliphatic hydroxyl groups excluding tert-OH is 1. The van der Waals surface area contributed by atoms with Gasteiger partial charge in [0.2, 0.25) is 11.8 Å². The summed E-state index contributed by atoms with van der Waals surface area (Å²) in [5.74, 6) is -1.47. The van der Waals surface area contributed by atoms with Crippen LogP contribution in [0.1, 0.15) is 50.7 Å². The second-order valence-electron chi connectivity index (χ2n) is 9.78. The van der Waals surface area contributed by atoms with E-state index in [2.05, 4.69) is 17.4 Å². The lowest BCUT2D eigenvalue weighted by Gasteiger charge is -2.36. The summed E-state index contributed by atoms with van der Waals surface area (Å²) >= 11 is 0. The molecule has 4 N–H and O–H groups in total. The van der Waals surface area contributed by atoms with Crippen molar-refractivity contribution in [3.63, 3.8) is 0 Å². The summed E-state index contributed by atoms with van der Waals surface area (Å²) in [5.41, 5.74) is 8.71. The third-order valence-corrected chi connectivity index (χ3v) is 7.52. The molecule has 1 saturated heterocycles. The van der Waals surface area contributed by atoms with Crippen LogP contribution < -0.4 is 11.1 Å². The van der Waals surface area contributed by atoms with E-state index in [4.69, 9.17) is 10.5 Å². The van der Waals surface area contributed by atoms with Crippen molar-refractivity contribution < 1.29 is 24.2 Å². The molecule has 1 heterocycles. The Bertz CT molecular complexity index is 1090. The van der Waals surface area contributed by atoms with E-state index in [0.717, 1.165) is 22.3 Å². The number of nitrogens with two attached hydrogens (primary N) is 1. The van der Waals surface area contributed by atoms with Gasteiger partial charge in [0.25, 0.3) is 0 Å². The molecule has 0 saturated carbocycles. The molecule has 1 aliphatic carbocycles. The van der Waals surface area contributed by atoms with Crippen LogP contribution in [0.4, 0.5) is 4.79 Å². The van der Waals surface area contributed by atoms with Crippen LogP contribution in [-0.4, -0.2) is 58.8 Å². The number of nitrogens with one attached hydrogen (secondary N) is 1. The van der Waals surface area contributed by atoms with E-state index in [0.29, 0.717) is 6.42 Å². The van der Waals surface area contributed by atoms with Crippen molar-refractivity contribution in [2.24, 2.45) is 11.7 Å². The van der Waals surface area contributed by atoms with Crippen molar-refractivity contribution in [2.75, 3.05) is 13.2 Å². The van der Waals surface area contributed by atoms with Gasteiger partial charge in [0.1, 0.15) is 18.2 Å². The van der Waals surface area contributed by atoms with Gasteiger partial charge in [-0.2, -0.15) is 0 Å². The number of alkyl carbamates (subject to hydrolysis) is 1. The maximum absolute atomic E-state index is 13.5. The minimum Gasteiger partial charge on any atom is -0.449 e. The SMILES string of the molecule is CC[C@H](C)[C@H](NC(=O)OCC1c2ccccc2-c2ccccc21)C(=O)N1C[C@H](O)C[C@@]1(C)C(N)=O. The fourth-order valence-corrected chi connectivity index (χ4v) is 5.23. The lowest BCUT2D eigenvalue weighted by atomic mass is 9.93. The van der Waals surface area contributed by atoms with Crippen LogP contribution in [0.3, 0.4) is 0 Å². The molecule has 4 atom stereocenters. The summed E-state index contributed by atoms with van der Waals surface area (Å²) in [7, 11) is 0. The van der Waals surface area contributed by atoms with Crippen molar-refractivity contribution >= 4 is 17.9 Å². The number of carbonyl (C=O) groups is 3. The summed E-state index contributed by atoms with van der Waals surface area (Å²) in [4.78, 5) is 39.8. The molecule has 1 aliphatic heterocycles. The molecule has 2 aromatic carbocycles. The highest BCUT2D eigenvalue weighted by Gasteiger charge is 2.50. The standard InChI is InChI=1S/C27H33N3O5/c1-4-16(2)23(24(32)30-14-17(31)13-27(30,3)25(28)33)29-26(34)35-15-22-20-11-7-5-9-18(20)19-10-6-8-12-21(19)22/h5-12,16-17,22-23,31H,4,13-15H2,1-3H3,(H2,28,33)(H,29,34)/t16-,17+,23-,27-/m0/s1. The minimum atomic E-state index is -1.31. The van der Waals surface area contributed by atoms with E-state index in [1.165, 1.54) is 4.90 Å². The molecule has 4 rings (SSSR count). The van der Waals surface area contributed by atoms with Crippen LogP contribution in [0.15, 0.2) is 48.5 Å². The van der Waals surface area contributed by atoms with Gasteiger partial charge in [-0.15, -0.1) is 0 Å². The molecule has 8 heteroatoms. The number of likely N-dealkylation sites (tertiary alicyclic amines) is 1. The number of nitrogens with zero attached hydrogens (tertiary/aromatic N) is 1. The predicted octanol–water partition coefficient (Wildman–Crippen LogP) is 2.78. The van der Waals surface area contributed by atoms with Crippen molar-refractivity contribution in [3.8, 4) is 11.1 Å². The monoisotopic (exact) mass is 479 g/mol. The lowest BCUT2D eigenvalue weighted by Crippen LogP contribution is -2.60. The summed E-state index contributed by atoms with van der Waals surface area (Å²) in [6.07, 6.45) is -0.884. The normalized spacial score (nSPS) is 22.7. The zero-order valence-corrected chi connectivity index (χ0v) is 20.4. The molecule has 0 bridgehead atoms. The van der Waals surface area contributed by atoms with E-state index < -0.39 is 35.6 Å². The number of hydrogen-bond acceptors (Lipinski definition) is 5. The Morgan fingerprint density at radius 1 is 1.14 bits per heavy atom. The zero-order chi connectivity index (χ0) is 25.3. The highest BCUT2D eigenvalue weighted by atomic mass is 16.5. The first kappa shape index (κ1) is 24.7. The van der Waals surface area contributed by atoms with Crippen molar-refractivity contribution in [1.82, 2.24) is 10.2 Å². The average Bonchev–Trinajstić information content (AvgIpc) is 3.34. The number of β-amino-alcohol motifs (C(OH)–C–C–N with tert-alkyl or cyclic N) is 1. The van der Waals surface area contributed by atoms with E-state index in [9.17, 15) is 19.5 Å². The molecule has 186 valence electrons. The smallest absolute Gasteiger partial charge is 0.407 e. The molecular weight excluding hydrogens is 446 g/mol. The number of fused-ring (bicyclic) bond motifs is 3. The van der Waals surface area contributed by atoms with Crippen LogP contribution in [0.25, 0.3) is 11.1 Å². The van der Waals surface area contributed by atoms with Crippen molar-refractivity contribution in [2.45, 2.75) is 57.2 Å². The fourth-order valence-electron chi connectivity index (χ4n) is 5.23. The molecule has 0 unspecified atom stereocenters. The largest absolute Gasteiger partial charge is 0.449 e. The van der Waals surface area contributed by atoms with Crippen LogP contribution in [0, 0.1) is 5.92 Å². The van der Waals surface area contributed by atoms with Crippen LogP contribution in [0.5, 0.6) is 0 Å². The molecule has 35 heavy (non-hydrogen) atoms. The van der Waals surface area contributed by atoms with E-state index in [1.54, 1.807) is 6.92 Å². The number of aliphatic hydroxyl groups is 1. The molecule has 0 radical (unpaired) electrons. The fraction of sp³-hybridized carbons (Fsp3) is 0.444. The van der Waals surface area contributed by atoms with Crippen molar-refractivity contribution in [3.05, 3.63) is 59.7 Å².